The first-order valence-electron chi connectivity index (χ1n) is 12.8. The lowest BCUT2D eigenvalue weighted by molar-refractivity contribution is -0.135. The third-order valence-corrected chi connectivity index (χ3v) is 6.53. The smallest absolute Gasteiger partial charge is 0.408 e. The first kappa shape index (κ1) is 26.9. The maximum absolute atomic E-state index is 13.4. The third-order valence-electron chi connectivity index (χ3n) is 6.53. The van der Waals surface area contributed by atoms with Gasteiger partial charge in [0.1, 0.15) is 18.3 Å². The van der Waals surface area contributed by atoms with E-state index >= 15 is 0 Å². The van der Waals surface area contributed by atoms with Gasteiger partial charge in [-0.05, 0) is 29.0 Å². The maximum Gasteiger partial charge on any atom is 0.408 e. The summed E-state index contributed by atoms with van der Waals surface area (Å²) >= 11 is 0. The van der Waals surface area contributed by atoms with Crippen LogP contribution in [-0.2, 0) is 16.1 Å². The highest BCUT2D eigenvalue weighted by atomic mass is 16.5. The lowest BCUT2D eigenvalue weighted by atomic mass is 9.86. The number of ether oxygens (including phenoxy) is 1. The van der Waals surface area contributed by atoms with Gasteiger partial charge in [-0.1, -0.05) is 87.5 Å². The summed E-state index contributed by atoms with van der Waals surface area (Å²) in [4.78, 5) is 44.7. The molecule has 3 amide bonds. The number of pyridine rings is 1. The highest BCUT2D eigenvalue weighted by molar-refractivity contribution is 5.93. The van der Waals surface area contributed by atoms with Gasteiger partial charge in [0.15, 0.2) is 0 Å². The van der Waals surface area contributed by atoms with Gasteiger partial charge in [0, 0.05) is 30.9 Å². The lowest BCUT2D eigenvalue weighted by Crippen LogP contribution is -2.54. The Labute approximate surface area is 223 Å². The average molecular weight is 515 g/mol. The number of nitrogens with one attached hydrogen (secondary N) is 2. The number of carbonyl (C=O) groups is 3. The van der Waals surface area contributed by atoms with Crippen molar-refractivity contribution in [1.82, 2.24) is 20.5 Å². The Morgan fingerprint density at radius 1 is 0.974 bits per heavy atom. The molecule has 0 saturated carbocycles. The number of alkyl carbamates (subject to hydrolysis) is 1. The number of hydrogen-bond acceptors (Lipinski definition) is 5. The van der Waals surface area contributed by atoms with Crippen molar-refractivity contribution in [2.24, 2.45) is 5.41 Å². The van der Waals surface area contributed by atoms with Crippen molar-refractivity contribution >= 4 is 17.9 Å². The van der Waals surface area contributed by atoms with E-state index in [0.29, 0.717) is 25.2 Å². The van der Waals surface area contributed by atoms with Crippen LogP contribution in [-0.4, -0.2) is 53.0 Å². The summed E-state index contributed by atoms with van der Waals surface area (Å²) in [6.45, 7) is 6.65. The van der Waals surface area contributed by atoms with Crippen molar-refractivity contribution in [2.45, 2.75) is 45.9 Å². The zero-order valence-corrected chi connectivity index (χ0v) is 22.0. The van der Waals surface area contributed by atoms with Gasteiger partial charge in [0.05, 0.1) is 0 Å². The Morgan fingerprint density at radius 2 is 1.66 bits per heavy atom. The van der Waals surface area contributed by atoms with E-state index in [9.17, 15) is 14.4 Å². The molecule has 1 fully saturated rings. The predicted octanol–water partition coefficient (Wildman–Crippen LogP) is 4.42. The molecule has 2 N–H and O–H groups in total. The minimum atomic E-state index is -0.771. The Bertz CT molecular complexity index is 1240. The minimum absolute atomic E-state index is 0.121. The first-order valence-corrected chi connectivity index (χ1v) is 12.8. The molecular weight excluding hydrogens is 480 g/mol. The molecular formula is C30H34N4O4. The van der Waals surface area contributed by atoms with Crippen LogP contribution < -0.4 is 10.6 Å². The number of benzene rings is 2. The number of rotatable bonds is 7. The maximum atomic E-state index is 13.4. The van der Waals surface area contributed by atoms with E-state index in [1.54, 1.807) is 17.2 Å². The van der Waals surface area contributed by atoms with E-state index in [1.165, 1.54) is 0 Å². The Kier molecular flexibility index (Phi) is 8.41. The highest BCUT2D eigenvalue weighted by Crippen LogP contribution is 2.24. The van der Waals surface area contributed by atoms with Gasteiger partial charge < -0.3 is 20.3 Å². The molecule has 8 heteroatoms. The van der Waals surface area contributed by atoms with E-state index in [4.69, 9.17) is 4.74 Å². The molecule has 0 radical (unpaired) electrons. The van der Waals surface area contributed by atoms with E-state index in [-0.39, 0.29) is 24.5 Å². The van der Waals surface area contributed by atoms with Crippen LogP contribution in [0.5, 0.6) is 0 Å². The third kappa shape index (κ3) is 6.97. The van der Waals surface area contributed by atoms with Gasteiger partial charge in [-0.15, -0.1) is 0 Å². The number of aromatic nitrogens is 1. The summed E-state index contributed by atoms with van der Waals surface area (Å²) in [6.07, 6.45) is 1.66. The fourth-order valence-electron chi connectivity index (χ4n) is 4.38. The molecule has 2 atom stereocenters. The second-order valence-corrected chi connectivity index (χ2v) is 10.5. The van der Waals surface area contributed by atoms with Crippen LogP contribution in [0, 0.1) is 5.41 Å². The van der Waals surface area contributed by atoms with Crippen molar-refractivity contribution in [3.8, 4) is 11.1 Å². The van der Waals surface area contributed by atoms with E-state index in [1.807, 2.05) is 87.5 Å². The molecule has 0 bridgehead atoms. The van der Waals surface area contributed by atoms with Gasteiger partial charge in [-0.25, -0.2) is 4.79 Å². The predicted molar refractivity (Wildman–Crippen MR) is 145 cm³/mol. The molecule has 8 nitrogen and oxygen atoms in total. The van der Waals surface area contributed by atoms with Crippen molar-refractivity contribution in [3.05, 3.63) is 90.3 Å². The number of nitrogens with zero attached hydrogens (tertiary/aromatic N) is 2. The largest absolute Gasteiger partial charge is 0.445 e. The molecule has 38 heavy (non-hydrogen) atoms. The van der Waals surface area contributed by atoms with Crippen LogP contribution in [0.2, 0.25) is 0 Å². The molecule has 4 rings (SSSR count). The molecule has 3 aromatic rings. The standard InChI is InChI=1S/C30H34N4O4/c1-30(2,3)26(33-29(37)38-20-21-10-6-4-7-11-21)28(36)34-17-16-24(19-34)32-27(35)25-15-14-23(18-31-25)22-12-8-5-9-13-22/h4-15,18,24,26H,16-17,19-20H2,1-3H3,(H,32,35)(H,33,37)/t24-,26-/m1/s1. The van der Waals surface area contributed by atoms with E-state index in [0.717, 1.165) is 16.7 Å². The molecule has 0 unspecified atom stereocenters. The van der Waals surface area contributed by atoms with Gasteiger partial charge in [0.2, 0.25) is 5.91 Å². The molecule has 1 aliphatic heterocycles. The average Bonchev–Trinajstić information content (AvgIpc) is 3.39. The van der Waals surface area contributed by atoms with Crippen LogP contribution in [0.15, 0.2) is 79.0 Å². The zero-order valence-electron chi connectivity index (χ0n) is 22.0. The molecule has 2 aromatic carbocycles. The molecule has 198 valence electrons. The van der Waals surface area contributed by atoms with Crippen LogP contribution in [0.25, 0.3) is 11.1 Å². The fourth-order valence-corrected chi connectivity index (χ4v) is 4.38. The zero-order chi connectivity index (χ0) is 27.1. The number of amides is 3. The fraction of sp³-hybridized carbons (Fsp3) is 0.333. The van der Waals surface area contributed by atoms with Gasteiger partial charge in [-0.2, -0.15) is 0 Å². The summed E-state index contributed by atoms with van der Waals surface area (Å²) in [6, 6.07) is 21.8. The summed E-state index contributed by atoms with van der Waals surface area (Å²) in [7, 11) is 0. The Morgan fingerprint density at radius 3 is 2.29 bits per heavy atom. The summed E-state index contributed by atoms with van der Waals surface area (Å²) in [5.74, 6) is -0.477. The van der Waals surface area contributed by atoms with Gasteiger partial charge in [-0.3, -0.25) is 14.6 Å². The number of likely N-dealkylation sites (tertiary alicyclic amines) is 1. The van der Waals surface area contributed by atoms with Gasteiger partial charge >= 0.3 is 6.09 Å². The molecule has 1 aliphatic rings. The molecule has 1 aromatic heterocycles. The summed E-state index contributed by atoms with van der Waals surface area (Å²) in [5, 5.41) is 5.74. The van der Waals surface area contributed by atoms with Crippen molar-refractivity contribution in [1.29, 1.82) is 0 Å². The summed E-state index contributed by atoms with van der Waals surface area (Å²) in [5.41, 5.74) is 2.62. The van der Waals surface area contributed by atoms with E-state index in [2.05, 4.69) is 15.6 Å². The second kappa shape index (κ2) is 11.9. The molecule has 1 saturated heterocycles. The molecule has 0 spiro atoms. The van der Waals surface area contributed by atoms with Crippen molar-refractivity contribution < 1.29 is 19.1 Å². The van der Waals surface area contributed by atoms with Crippen LogP contribution >= 0.6 is 0 Å². The Hall–Kier alpha value is -4.20. The lowest BCUT2D eigenvalue weighted by Gasteiger charge is -2.33. The van der Waals surface area contributed by atoms with Gasteiger partial charge in [0.25, 0.3) is 5.91 Å². The first-order chi connectivity index (χ1) is 18.2. The number of carbonyl (C=O) groups excluding carboxylic acids is 3. The monoisotopic (exact) mass is 514 g/mol. The highest BCUT2D eigenvalue weighted by Gasteiger charge is 2.39. The quantitative estimate of drug-likeness (QED) is 0.486. The topological polar surface area (TPSA) is 101 Å². The Balaban J connectivity index is 1.31. The SMILES string of the molecule is CC(C)(C)[C@H](NC(=O)OCc1ccccc1)C(=O)N1CC[C@@H](NC(=O)c2ccc(-c3ccccc3)cn2)C1. The van der Waals surface area contributed by atoms with E-state index < -0.39 is 17.6 Å². The van der Waals surface area contributed by atoms with Crippen molar-refractivity contribution in [3.63, 3.8) is 0 Å². The number of hydrogen-bond donors (Lipinski definition) is 2. The second-order valence-electron chi connectivity index (χ2n) is 10.5. The van der Waals surface area contributed by atoms with Crippen molar-refractivity contribution in [2.75, 3.05) is 13.1 Å². The van der Waals surface area contributed by atoms with Crippen LogP contribution in [0.1, 0.15) is 43.2 Å². The summed E-state index contributed by atoms with van der Waals surface area (Å²) < 4.78 is 5.34. The molecule has 0 aliphatic carbocycles. The van der Waals surface area contributed by atoms with Crippen LogP contribution in [0.4, 0.5) is 4.79 Å². The normalized spacial score (nSPS) is 16.0. The minimum Gasteiger partial charge on any atom is -0.445 e. The van der Waals surface area contributed by atoms with Crippen LogP contribution in [0.3, 0.4) is 0 Å². The molecule has 2 heterocycles.